The first-order valence-corrected chi connectivity index (χ1v) is 8.21. The molecule has 124 valence electrons. The molecule has 4 nitrogen and oxygen atoms in total. The molecule has 2 heterocycles. The Morgan fingerprint density at radius 1 is 0.960 bits per heavy atom. The zero-order valence-corrected chi connectivity index (χ0v) is 14.2. The first kappa shape index (κ1) is 15.4. The maximum atomic E-state index is 13.1. The summed E-state index contributed by atoms with van der Waals surface area (Å²) < 4.78 is 1.73. The fourth-order valence-corrected chi connectivity index (χ4v) is 3.40. The maximum Gasteiger partial charge on any atom is 0.259 e. The number of pyridine rings is 1. The van der Waals surface area contributed by atoms with E-state index < -0.39 is 0 Å². The van der Waals surface area contributed by atoms with Crippen LogP contribution in [-0.2, 0) is 6.54 Å². The van der Waals surface area contributed by atoms with Crippen molar-refractivity contribution in [3.8, 4) is 22.4 Å². The van der Waals surface area contributed by atoms with Crippen LogP contribution in [0.25, 0.3) is 22.4 Å². The van der Waals surface area contributed by atoms with Gasteiger partial charge in [0.1, 0.15) is 0 Å². The van der Waals surface area contributed by atoms with Crippen molar-refractivity contribution < 1.29 is 4.79 Å². The third kappa shape index (κ3) is 2.38. The Morgan fingerprint density at radius 2 is 1.64 bits per heavy atom. The SMILES string of the molecule is CN(C)C(=O)c1cc(-c2ccccc2)c(=O)n2c1-c1ccccc1C2. The number of hydrogen-bond acceptors (Lipinski definition) is 2. The van der Waals surface area contributed by atoms with Gasteiger partial charge in [-0.15, -0.1) is 0 Å². The van der Waals surface area contributed by atoms with Gasteiger partial charge in [-0.1, -0.05) is 54.6 Å². The maximum absolute atomic E-state index is 13.1. The van der Waals surface area contributed by atoms with Crippen molar-refractivity contribution in [2.24, 2.45) is 0 Å². The lowest BCUT2D eigenvalue weighted by Crippen LogP contribution is -2.28. The number of carbonyl (C=O) groups is 1. The van der Waals surface area contributed by atoms with Crippen molar-refractivity contribution in [2.75, 3.05) is 14.1 Å². The minimum Gasteiger partial charge on any atom is -0.345 e. The lowest BCUT2D eigenvalue weighted by Gasteiger charge is -2.16. The lowest BCUT2D eigenvalue weighted by molar-refractivity contribution is 0.0827. The van der Waals surface area contributed by atoms with E-state index in [2.05, 4.69) is 0 Å². The predicted molar refractivity (Wildman–Crippen MR) is 98.7 cm³/mol. The second-order valence-corrected chi connectivity index (χ2v) is 6.43. The largest absolute Gasteiger partial charge is 0.345 e. The van der Waals surface area contributed by atoms with Gasteiger partial charge in [0, 0.05) is 25.2 Å². The Kier molecular flexibility index (Phi) is 3.53. The monoisotopic (exact) mass is 330 g/mol. The van der Waals surface area contributed by atoms with Crippen molar-refractivity contribution in [2.45, 2.75) is 6.54 Å². The fraction of sp³-hybridized carbons (Fsp3) is 0.143. The van der Waals surface area contributed by atoms with E-state index >= 15 is 0 Å². The number of nitrogens with zero attached hydrogens (tertiary/aromatic N) is 2. The molecule has 2 aromatic carbocycles. The number of fused-ring (bicyclic) bond motifs is 3. The molecular formula is C21H18N2O2. The van der Waals surface area contributed by atoms with Gasteiger partial charge in [-0.3, -0.25) is 9.59 Å². The highest BCUT2D eigenvalue weighted by Gasteiger charge is 2.28. The van der Waals surface area contributed by atoms with Gasteiger partial charge >= 0.3 is 0 Å². The molecule has 25 heavy (non-hydrogen) atoms. The first-order chi connectivity index (χ1) is 12.1. The summed E-state index contributed by atoms with van der Waals surface area (Å²) in [5.74, 6) is -0.0994. The van der Waals surface area contributed by atoms with E-state index in [0.717, 1.165) is 22.4 Å². The third-order valence-corrected chi connectivity index (χ3v) is 4.61. The third-order valence-electron chi connectivity index (χ3n) is 4.61. The van der Waals surface area contributed by atoms with Crippen molar-refractivity contribution in [1.29, 1.82) is 0 Å². The summed E-state index contributed by atoms with van der Waals surface area (Å²) in [5, 5.41) is 0. The van der Waals surface area contributed by atoms with Gasteiger partial charge in [-0.2, -0.15) is 0 Å². The van der Waals surface area contributed by atoms with Crippen LogP contribution in [0.5, 0.6) is 0 Å². The number of rotatable bonds is 2. The predicted octanol–water partition coefficient (Wildman–Crippen LogP) is 3.25. The molecule has 0 atom stereocenters. The molecule has 0 radical (unpaired) electrons. The highest BCUT2D eigenvalue weighted by molar-refractivity contribution is 6.01. The van der Waals surface area contributed by atoms with Crippen molar-refractivity contribution in [1.82, 2.24) is 9.47 Å². The van der Waals surface area contributed by atoms with E-state index in [9.17, 15) is 9.59 Å². The second-order valence-electron chi connectivity index (χ2n) is 6.43. The number of hydrogen-bond donors (Lipinski definition) is 0. The Bertz CT molecular complexity index is 1030. The van der Waals surface area contributed by atoms with Crippen molar-refractivity contribution in [3.63, 3.8) is 0 Å². The molecular weight excluding hydrogens is 312 g/mol. The van der Waals surface area contributed by atoms with Crippen LogP contribution in [0.15, 0.2) is 65.5 Å². The lowest BCUT2D eigenvalue weighted by atomic mass is 9.99. The van der Waals surface area contributed by atoms with Crippen LogP contribution >= 0.6 is 0 Å². The number of amides is 1. The summed E-state index contributed by atoms with van der Waals surface area (Å²) in [5.41, 5.74) is 4.64. The molecule has 0 unspecified atom stereocenters. The summed E-state index contributed by atoms with van der Waals surface area (Å²) in [7, 11) is 3.46. The number of benzene rings is 2. The average molecular weight is 330 g/mol. The molecule has 0 N–H and O–H groups in total. The zero-order chi connectivity index (χ0) is 17.6. The molecule has 0 aliphatic carbocycles. The fourth-order valence-electron chi connectivity index (χ4n) is 3.40. The van der Waals surface area contributed by atoms with Crippen LogP contribution in [0.1, 0.15) is 15.9 Å². The molecule has 0 saturated heterocycles. The number of carbonyl (C=O) groups excluding carboxylic acids is 1. The van der Waals surface area contributed by atoms with Crippen LogP contribution < -0.4 is 5.56 Å². The van der Waals surface area contributed by atoms with E-state index in [1.807, 2.05) is 54.6 Å². The Morgan fingerprint density at radius 3 is 2.36 bits per heavy atom. The van der Waals surface area contributed by atoms with E-state index in [1.54, 1.807) is 29.6 Å². The minimum absolute atomic E-state index is 0.0623. The highest BCUT2D eigenvalue weighted by atomic mass is 16.2. The summed E-state index contributed by atoms with van der Waals surface area (Å²) in [6, 6.07) is 19.1. The molecule has 4 heteroatoms. The average Bonchev–Trinajstić information content (AvgIpc) is 3.02. The summed E-state index contributed by atoms with van der Waals surface area (Å²) in [6.07, 6.45) is 0. The van der Waals surface area contributed by atoms with E-state index in [1.165, 1.54) is 0 Å². The summed E-state index contributed by atoms with van der Waals surface area (Å²) >= 11 is 0. The highest BCUT2D eigenvalue weighted by Crippen LogP contribution is 2.35. The number of aromatic nitrogens is 1. The van der Waals surface area contributed by atoms with Crippen molar-refractivity contribution in [3.05, 3.63) is 82.1 Å². The van der Waals surface area contributed by atoms with Crippen molar-refractivity contribution >= 4 is 5.91 Å². The standard InChI is InChI=1S/C21H18N2O2/c1-22(2)20(24)18-12-17(14-8-4-3-5-9-14)21(25)23-13-15-10-6-7-11-16(15)19(18)23/h3-12H,13H2,1-2H3. The molecule has 0 fully saturated rings. The van der Waals surface area contributed by atoms with Gasteiger partial charge in [0.05, 0.1) is 17.8 Å². The molecule has 4 rings (SSSR count). The summed E-state index contributed by atoms with van der Waals surface area (Å²) in [6.45, 7) is 0.499. The van der Waals surface area contributed by atoms with E-state index in [4.69, 9.17) is 0 Å². The molecule has 0 bridgehead atoms. The molecule has 1 amide bonds. The minimum atomic E-state index is -0.0994. The Balaban J connectivity index is 2.05. The van der Waals surface area contributed by atoms with Gasteiger partial charge in [-0.05, 0) is 17.2 Å². The summed E-state index contributed by atoms with van der Waals surface area (Å²) in [4.78, 5) is 27.5. The molecule has 1 aliphatic heterocycles. The van der Waals surface area contributed by atoms with Crippen LogP contribution in [0.2, 0.25) is 0 Å². The van der Waals surface area contributed by atoms with E-state index in [0.29, 0.717) is 17.7 Å². The Labute approximate surface area is 146 Å². The molecule has 1 aromatic heterocycles. The second kappa shape index (κ2) is 5.74. The normalized spacial score (nSPS) is 11.8. The van der Waals surface area contributed by atoms with Crippen LogP contribution in [0.4, 0.5) is 0 Å². The zero-order valence-electron chi connectivity index (χ0n) is 14.2. The van der Waals surface area contributed by atoms with Gasteiger partial charge in [-0.25, -0.2) is 0 Å². The molecule has 1 aliphatic rings. The van der Waals surface area contributed by atoms with Crippen LogP contribution in [0, 0.1) is 0 Å². The van der Waals surface area contributed by atoms with Gasteiger partial charge in [0.2, 0.25) is 0 Å². The van der Waals surface area contributed by atoms with Gasteiger partial charge in [0.25, 0.3) is 11.5 Å². The molecule has 3 aromatic rings. The Hall–Kier alpha value is -3.14. The van der Waals surface area contributed by atoms with Crippen LogP contribution in [0.3, 0.4) is 0 Å². The topological polar surface area (TPSA) is 42.3 Å². The quantitative estimate of drug-likeness (QED) is 0.566. The van der Waals surface area contributed by atoms with E-state index in [-0.39, 0.29) is 11.5 Å². The van der Waals surface area contributed by atoms with Crippen LogP contribution in [-0.4, -0.2) is 29.5 Å². The molecule has 0 spiro atoms. The smallest absolute Gasteiger partial charge is 0.259 e. The first-order valence-electron chi connectivity index (χ1n) is 8.21. The van der Waals surface area contributed by atoms with Gasteiger partial charge < -0.3 is 9.47 Å². The van der Waals surface area contributed by atoms with Gasteiger partial charge in [0.15, 0.2) is 0 Å². The molecule has 0 saturated carbocycles.